The van der Waals surface area contributed by atoms with E-state index in [1.165, 1.54) is 23.9 Å². The predicted octanol–water partition coefficient (Wildman–Crippen LogP) is 5.25. The summed E-state index contributed by atoms with van der Waals surface area (Å²) in [5.41, 5.74) is 3.62. The van der Waals surface area contributed by atoms with Crippen LogP contribution in [-0.2, 0) is 20.7 Å². The molecule has 1 aromatic heterocycles. The highest BCUT2D eigenvalue weighted by atomic mass is 32.2. The number of ether oxygens (including phenoxy) is 1. The van der Waals surface area contributed by atoms with Crippen LogP contribution in [0.25, 0.3) is 5.70 Å². The number of esters is 1. The van der Waals surface area contributed by atoms with Gasteiger partial charge in [0, 0.05) is 36.1 Å². The number of nitrogens with one attached hydrogen (secondary N) is 1. The van der Waals surface area contributed by atoms with Gasteiger partial charge in [0.05, 0.1) is 30.3 Å². The number of rotatable bonds is 9. The molecule has 5 rings (SSSR count). The number of nitrogens with zero attached hydrogens (tertiary/aromatic N) is 3. The summed E-state index contributed by atoms with van der Waals surface area (Å²) in [7, 11) is 0. The van der Waals surface area contributed by atoms with E-state index in [0.29, 0.717) is 40.7 Å². The van der Waals surface area contributed by atoms with Crippen LogP contribution in [0.1, 0.15) is 36.2 Å². The minimum Gasteiger partial charge on any atom is -0.463 e. The highest BCUT2D eigenvalue weighted by Crippen LogP contribution is 2.47. The van der Waals surface area contributed by atoms with Gasteiger partial charge in [-0.2, -0.15) is 0 Å². The molecule has 3 aromatic rings. The highest BCUT2D eigenvalue weighted by molar-refractivity contribution is 8.16. The second-order valence-electron chi connectivity index (χ2n) is 8.90. The Morgan fingerprint density at radius 3 is 2.64 bits per heavy atom. The van der Waals surface area contributed by atoms with Gasteiger partial charge in [-0.15, -0.1) is 0 Å². The lowest BCUT2D eigenvalue weighted by atomic mass is 9.91. The van der Waals surface area contributed by atoms with Gasteiger partial charge in [-0.3, -0.25) is 9.78 Å². The third kappa shape index (κ3) is 5.93. The van der Waals surface area contributed by atoms with Gasteiger partial charge in [-0.1, -0.05) is 60.3 Å². The molecule has 0 bridgehead atoms. The molecule has 39 heavy (non-hydrogen) atoms. The maximum atomic E-state index is 14.5. The van der Waals surface area contributed by atoms with Gasteiger partial charge in [0.2, 0.25) is 5.91 Å². The second-order valence-corrected chi connectivity index (χ2v) is 9.73. The second kappa shape index (κ2) is 12.1. The Balaban J connectivity index is 1.48. The van der Waals surface area contributed by atoms with Crippen LogP contribution in [0.5, 0.6) is 0 Å². The molecule has 1 atom stereocenters. The molecular formula is C30H27FN4O3S. The van der Waals surface area contributed by atoms with E-state index in [4.69, 9.17) is 9.73 Å². The summed E-state index contributed by atoms with van der Waals surface area (Å²) in [6, 6.07) is 20.5. The maximum absolute atomic E-state index is 14.5. The summed E-state index contributed by atoms with van der Waals surface area (Å²) in [6.45, 7) is 2.35. The fourth-order valence-corrected chi connectivity index (χ4v) is 5.50. The van der Waals surface area contributed by atoms with Crippen LogP contribution in [-0.4, -0.2) is 40.1 Å². The Hall–Kier alpha value is -4.24. The number of pyridine rings is 1. The average Bonchev–Trinajstić information content (AvgIpc) is 3.35. The molecule has 2 aliphatic rings. The van der Waals surface area contributed by atoms with Crippen molar-refractivity contribution < 1.29 is 18.7 Å². The predicted molar refractivity (Wildman–Crippen MR) is 150 cm³/mol. The number of fused-ring (bicyclic) bond motifs is 1. The first kappa shape index (κ1) is 26.4. The van der Waals surface area contributed by atoms with Crippen LogP contribution in [0, 0.1) is 5.82 Å². The molecule has 1 unspecified atom stereocenters. The number of benzene rings is 2. The molecule has 0 radical (unpaired) electrons. The van der Waals surface area contributed by atoms with Crippen molar-refractivity contribution in [2.24, 2.45) is 4.99 Å². The zero-order valence-corrected chi connectivity index (χ0v) is 22.2. The van der Waals surface area contributed by atoms with Gasteiger partial charge in [-0.05, 0) is 42.2 Å². The van der Waals surface area contributed by atoms with Gasteiger partial charge in [0.1, 0.15) is 5.82 Å². The average molecular weight is 543 g/mol. The molecule has 3 heterocycles. The lowest BCUT2D eigenvalue weighted by Crippen LogP contribution is -2.38. The van der Waals surface area contributed by atoms with Crippen LogP contribution < -0.4 is 5.32 Å². The molecule has 2 aliphatic heterocycles. The van der Waals surface area contributed by atoms with Crippen molar-refractivity contribution in [1.29, 1.82) is 0 Å². The van der Waals surface area contributed by atoms with Crippen LogP contribution in [0.3, 0.4) is 0 Å². The van der Waals surface area contributed by atoms with E-state index >= 15 is 0 Å². The molecule has 7 nitrogen and oxygen atoms in total. The smallest absolute Gasteiger partial charge is 0.338 e. The number of carbonyl (C=O) groups is 2. The van der Waals surface area contributed by atoms with Gasteiger partial charge in [0.25, 0.3) is 0 Å². The lowest BCUT2D eigenvalue weighted by molar-refractivity contribution is -0.139. The lowest BCUT2D eigenvalue weighted by Gasteiger charge is -2.36. The van der Waals surface area contributed by atoms with Crippen LogP contribution in [0.2, 0.25) is 0 Å². The first-order chi connectivity index (χ1) is 19.0. The number of aromatic nitrogens is 1. The number of hydrogen-bond donors (Lipinski definition) is 1. The fraction of sp³-hybridized carbons (Fsp3) is 0.200. The number of amides is 1. The molecule has 0 saturated heterocycles. The minimum atomic E-state index is -0.731. The molecule has 198 valence electrons. The Labute approximate surface area is 230 Å². The monoisotopic (exact) mass is 542 g/mol. The third-order valence-electron chi connectivity index (χ3n) is 6.29. The Morgan fingerprint density at radius 1 is 1.08 bits per heavy atom. The normalized spacial score (nSPS) is 16.4. The zero-order valence-electron chi connectivity index (χ0n) is 21.3. The molecular weight excluding hydrogens is 515 g/mol. The Bertz CT molecular complexity index is 1460. The highest BCUT2D eigenvalue weighted by Gasteiger charge is 2.42. The van der Waals surface area contributed by atoms with Crippen molar-refractivity contribution in [2.45, 2.75) is 25.8 Å². The first-order valence-corrected chi connectivity index (χ1v) is 13.6. The SMILES string of the molecule is CCOC(=O)C1=C(c2ccccc2)N=C2SC=C(CC(=O)NCCc3ccccn3)N2C1c1cccc(F)c1. The van der Waals surface area contributed by atoms with E-state index in [1.807, 2.05) is 58.8 Å². The van der Waals surface area contributed by atoms with E-state index < -0.39 is 17.8 Å². The number of amidine groups is 1. The van der Waals surface area contributed by atoms with Gasteiger partial charge in [0.15, 0.2) is 5.17 Å². The van der Waals surface area contributed by atoms with Crippen molar-refractivity contribution in [3.05, 3.63) is 118 Å². The summed E-state index contributed by atoms with van der Waals surface area (Å²) in [5.74, 6) is -1.14. The van der Waals surface area contributed by atoms with Crippen molar-refractivity contribution in [1.82, 2.24) is 15.2 Å². The van der Waals surface area contributed by atoms with Crippen molar-refractivity contribution in [3.63, 3.8) is 0 Å². The summed E-state index contributed by atoms with van der Waals surface area (Å²) < 4.78 is 20.0. The molecule has 2 aromatic carbocycles. The number of aliphatic imine (C=N–C) groups is 1. The maximum Gasteiger partial charge on any atom is 0.338 e. The van der Waals surface area contributed by atoms with Crippen LogP contribution in [0.4, 0.5) is 4.39 Å². The third-order valence-corrected chi connectivity index (χ3v) is 7.18. The van der Waals surface area contributed by atoms with Crippen LogP contribution in [0.15, 0.2) is 101 Å². The summed E-state index contributed by atoms with van der Waals surface area (Å²) in [4.78, 5) is 37.4. The molecule has 1 N–H and O–H groups in total. The Morgan fingerprint density at radius 2 is 1.90 bits per heavy atom. The van der Waals surface area contributed by atoms with Crippen LogP contribution >= 0.6 is 11.8 Å². The number of hydrogen-bond acceptors (Lipinski definition) is 7. The molecule has 0 saturated carbocycles. The zero-order chi connectivity index (χ0) is 27.2. The number of thioether (sulfide) groups is 1. The topological polar surface area (TPSA) is 83.9 Å². The Kier molecular flexibility index (Phi) is 8.17. The summed E-state index contributed by atoms with van der Waals surface area (Å²) in [6.07, 6.45) is 2.40. The molecule has 9 heteroatoms. The fourth-order valence-electron chi connectivity index (χ4n) is 4.58. The van der Waals surface area contributed by atoms with Crippen molar-refractivity contribution >= 4 is 34.5 Å². The van der Waals surface area contributed by atoms with E-state index in [1.54, 1.807) is 25.3 Å². The molecule has 0 aliphatic carbocycles. The largest absolute Gasteiger partial charge is 0.463 e. The first-order valence-electron chi connectivity index (χ1n) is 12.7. The number of halogens is 1. The van der Waals surface area contributed by atoms with E-state index in [9.17, 15) is 14.0 Å². The van der Waals surface area contributed by atoms with E-state index in [-0.39, 0.29) is 18.9 Å². The molecule has 0 fully saturated rings. The van der Waals surface area contributed by atoms with E-state index in [2.05, 4.69) is 10.3 Å². The summed E-state index contributed by atoms with van der Waals surface area (Å²) >= 11 is 1.37. The molecule has 1 amide bonds. The van der Waals surface area contributed by atoms with Crippen molar-refractivity contribution in [2.75, 3.05) is 13.2 Å². The summed E-state index contributed by atoms with van der Waals surface area (Å²) in [5, 5.41) is 5.41. The van der Waals surface area contributed by atoms with Crippen molar-refractivity contribution in [3.8, 4) is 0 Å². The van der Waals surface area contributed by atoms with Gasteiger partial charge < -0.3 is 15.0 Å². The van der Waals surface area contributed by atoms with Gasteiger partial charge in [-0.25, -0.2) is 14.2 Å². The minimum absolute atomic E-state index is 0.0663. The quantitative estimate of drug-likeness (QED) is 0.372. The van der Waals surface area contributed by atoms with E-state index in [0.717, 1.165) is 11.3 Å². The van der Waals surface area contributed by atoms with Gasteiger partial charge >= 0.3 is 5.97 Å². The molecule has 0 spiro atoms. The number of carbonyl (C=O) groups excluding carboxylic acids is 2. The standard InChI is InChI=1S/C30H27FN4O3S/c1-2-38-29(37)26-27(20-9-4-3-5-10-20)34-30-35(28(26)21-11-8-12-22(31)17-21)24(19-39-30)18-25(36)33-16-14-23-13-6-7-15-32-23/h3-13,15,17,19,28H,2,14,16,18H2,1H3,(H,33,36).